The second kappa shape index (κ2) is 3.99. The first-order valence-corrected chi connectivity index (χ1v) is 4.68. The summed E-state index contributed by atoms with van der Waals surface area (Å²) >= 11 is 5.86. The highest BCUT2D eigenvalue weighted by Crippen LogP contribution is 2.28. The highest BCUT2D eigenvalue weighted by Gasteiger charge is 2.06. The monoisotopic (exact) mass is 223 g/mol. The summed E-state index contributed by atoms with van der Waals surface area (Å²) in [6.45, 7) is 0. The SMILES string of the molecule is Fc1[c]c(-c2cccc(F)c2)c(Cl)cc1. The van der Waals surface area contributed by atoms with Crippen molar-refractivity contribution in [2.75, 3.05) is 0 Å². The van der Waals surface area contributed by atoms with Gasteiger partial charge in [-0.2, -0.15) is 0 Å². The van der Waals surface area contributed by atoms with Gasteiger partial charge >= 0.3 is 0 Å². The Morgan fingerprint density at radius 1 is 1.07 bits per heavy atom. The zero-order chi connectivity index (χ0) is 10.8. The fourth-order valence-corrected chi connectivity index (χ4v) is 1.52. The average molecular weight is 224 g/mol. The van der Waals surface area contributed by atoms with Gasteiger partial charge in [-0.3, -0.25) is 0 Å². The molecule has 75 valence electrons. The molecule has 0 aliphatic rings. The lowest BCUT2D eigenvalue weighted by Gasteiger charge is -2.03. The number of benzene rings is 2. The van der Waals surface area contributed by atoms with Crippen molar-refractivity contribution in [2.24, 2.45) is 0 Å². The summed E-state index contributed by atoms with van der Waals surface area (Å²) in [5.41, 5.74) is 0.885. The Bertz CT molecular complexity index is 495. The van der Waals surface area contributed by atoms with Crippen LogP contribution in [-0.2, 0) is 0 Å². The first-order chi connectivity index (χ1) is 7.16. The molecular weight excluding hydrogens is 218 g/mol. The van der Waals surface area contributed by atoms with Gasteiger partial charge in [0.1, 0.15) is 11.6 Å². The van der Waals surface area contributed by atoms with Crippen molar-refractivity contribution in [3.63, 3.8) is 0 Å². The fraction of sp³-hybridized carbons (Fsp3) is 0. The van der Waals surface area contributed by atoms with Gasteiger partial charge in [0.15, 0.2) is 0 Å². The second-order valence-corrected chi connectivity index (χ2v) is 3.45. The molecule has 0 atom stereocenters. The van der Waals surface area contributed by atoms with E-state index >= 15 is 0 Å². The van der Waals surface area contributed by atoms with Gasteiger partial charge < -0.3 is 0 Å². The van der Waals surface area contributed by atoms with E-state index in [1.54, 1.807) is 12.1 Å². The van der Waals surface area contributed by atoms with Crippen LogP contribution in [0.5, 0.6) is 0 Å². The molecule has 0 N–H and O–H groups in total. The quantitative estimate of drug-likeness (QED) is 0.683. The third-order valence-corrected chi connectivity index (χ3v) is 2.29. The van der Waals surface area contributed by atoms with Gasteiger partial charge in [0, 0.05) is 16.7 Å². The van der Waals surface area contributed by atoms with E-state index in [1.165, 1.54) is 24.3 Å². The molecule has 0 fully saturated rings. The summed E-state index contributed by atoms with van der Waals surface area (Å²) in [5, 5.41) is 0.349. The van der Waals surface area contributed by atoms with E-state index in [9.17, 15) is 8.78 Å². The van der Waals surface area contributed by atoms with Crippen LogP contribution >= 0.6 is 11.6 Å². The molecular formula is C12H6ClF2. The first-order valence-electron chi connectivity index (χ1n) is 4.30. The van der Waals surface area contributed by atoms with Gasteiger partial charge in [0.2, 0.25) is 0 Å². The summed E-state index contributed by atoms with van der Waals surface area (Å²) in [5.74, 6) is -0.903. The Labute approximate surface area is 91.1 Å². The maximum absolute atomic E-state index is 12.9. The predicted molar refractivity (Wildman–Crippen MR) is 55.6 cm³/mol. The Kier molecular flexibility index (Phi) is 2.69. The van der Waals surface area contributed by atoms with Gasteiger partial charge in [0.25, 0.3) is 0 Å². The van der Waals surface area contributed by atoms with Crippen molar-refractivity contribution in [1.82, 2.24) is 0 Å². The van der Waals surface area contributed by atoms with E-state index in [0.717, 1.165) is 0 Å². The van der Waals surface area contributed by atoms with Gasteiger partial charge in [-0.15, -0.1) is 0 Å². The van der Waals surface area contributed by atoms with Crippen LogP contribution in [0.25, 0.3) is 11.1 Å². The van der Waals surface area contributed by atoms with Crippen LogP contribution in [0, 0.1) is 17.7 Å². The largest absolute Gasteiger partial charge is 0.207 e. The number of rotatable bonds is 1. The molecule has 0 unspecified atom stereocenters. The van der Waals surface area contributed by atoms with E-state index in [4.69, 9.17) is 11.6 Å². The molecule has 0 saturated heterocycles. The molecule has 0 aliphatic carbocycles. The maximum atomic E-state index is 12.9. The van der Waals surface area contributed by atoms with Crippen molar-refractivity contribution in [3.05, 3.63) is 59.1 Å². The zero-order valence-corrected chi connectivity index (χ0v) is 8.35. The van der Waals surface area contributed by atoms with E-state index in [0.29, 0.717) is 16.1 Å². The van der Waals surface area contributed by atoms with Gasteiger partial charge in [-0.25, -0.2) is 8.78 Å². The van der Waals surface area contributed by atoms with Crippen molar-refractivity contribution in [3.8, 4) is 11.1 Å². The Balaban J connectivity index is 2.58. The molecule has 0 aromatic heterocycles. The predicted octanol–water partition coefficient (Wildman–Crippen LogP) is 4.09. The van der Waals surface area contributed by atoms with E-state index in [1.807, 2.05) is 0 Å². The summed E-state index contributed by atoms with van der Waals surface area (Å²) in [7, 11) is 0. The third kappa shape index (κ3) is 2.16. The lowest BCUT2D eigenvalue weighted by atomic mass is 10.1. The second-order valence-electron chi connectivity index (χ2n) is 3.04. The molecule has 0 heterocycles. The van der Waals surface area contributed by atoms with Crippen molar-refractivity contribution in [2.45, 2.75) is 0 Å². The fourth-order valence-electron chi connectivity index (χ4n) is 1.30. The van der Waals surface area contributed by atoms with Crippen molar-refractivity contribution < 1.29 is 8.78 Å². The van der Waals surface area contributed by atoms with E-state index < -0.39 is 5.82 Å². The lowest BCUT2D eigenvalue weighted by Crippen LogP contribution is -1.84. The smallest absolute Gasteiger partial charge is 0.131 e. The molecule has 0 spiro atoms. The number of hydrogen-bond acceptors (Lipinski definition) is 0. The third-order valence-electron chi connectivity index (χ3n) is 1.97. The number of hydrogen-bond donors (Lipinski definition) is 0. The summed E-state index contributed by atoms with van der Waals surface area (Å²) in [6, 6.07) is 10.9. The molecule has 0 amide bonds. The molecule has 1 radical (unpaired) electrons. The minimum absolute atomic E-state index is 0.349. The topological polar surface area (TPSA) is 0 Å². The normalized spacial score (nSPS) is 10.3. The molecule has 3 heteroatoms. The van der Waals surface area contributed by atoms with Gasteiger partial charge in [0.05, 0.1) is 0 Å². The van der Waals surface area contributed by atoms with Crippen LogP contribution in [0.4, 0.5) is 8.78 Å². The highest BCUT2D eigenvalue weighted by molar-refractivity contribution is 6.33. The summed E-state index contributed by atoms with van der Waals surface area (Å²) in [4.78, 5) is 0. The van der Waals surface area contributed by atoms with Crippen molar-refractivity contribution in [1.29, 1.82) is 0 Å². The number of halogens is 3. The van der Waals surface area contributed by atoms with Crippen LogP contribution < -0.4 is 0 Å². The van der Waals surface area contributed by atoms with Gasteiger partial charge in [-0.1, -0.05) is 23.7 Å². The molecule has 2 rings (SSSR count). The Morgan fingerprint density at radius 3 is 2.60 bits per heavy atom. The Morgan fingerprint density at radius 2 is 1.87 bits per heavy atom. The van der Waals surface area contributed by atoms with Crippen LogP contribution in [0.1, 0.15) is 0 Å². The van der Waals surface area contributed by atoms with Crippen molar-refractivity contribution >= 4 is 11.6 Å². The van der Waals surface area contributed by atoms with E-state index in [-0.39, 0.29) is 5.82 Å². The molecule has 2 aromatic carbocycles. The molecule has 0 saturated carbocycles. The minimum atomic E-state index is -0.515. The van der Waals surface area contributed by atoms with Crippen LogP contribution in [0.2, 0.25) is 5.02 Å². The minimum Gasteiger partial charge on any atom is -0.207 e. The standard InChI is InChI=1S/C12H6ClF2/c13-12-5-4-10(15)7-11(12)8-2-1-3-9(14)6-8/h1-6H. The molecule has 0 bridgehead atoms. The molecule has 15 heavy (non-hydrogen) atoms. The van der Waals surface area contributed by atoms with Gasteiger partial charge in [-0.05, 0) is 29.8 Å². The average Bonchev–Trinajstić information content (AvgIpc) is 2.22. The Hall–Kier alpha value is -1.41. The first kappa shape index (κ1) is 10.1. The van der Waals surface area contributed by atoms with Crippen LogP contribution in [0.3, 0.4) is 0 Å². The maximum Gasteiger partial charge on any atom is 0.131 e. The summed E-state index contributed by atoms with van der Waals surface area (Å²) < 4.78 is 25.9. The zero-order valence-electron chi connectivity index (χ0n) is 7.60. The lowest BCUT2D eigenvalue weighted by molar-refractivity contribution is 0.624. The molecule has 2 aromatic rings. The molecule has 0 nitrogen and oxygen atoms in total. The van der Waals surface area contributed by atoms with Crippen LogP contribution in [-0.4, -0.2) is 0 Å². The van der Waals surface area contributed by atoms with Crippen LogP contribution in [0.15, 0.2) is 36.4 Å². The summed E-state index contributed by atoms with van der Waals surface area (Å²) in [6.07, 6.45) is 0. The highest BCUT2D eigenvalue weighted by atomic mass is 35.5. The molecule has 0 aliphatic heterocycles. The van der Waals surface area contributed by atoms with E-state index in [2.05, 4.69) is 6.07 Å².